The molecule has 1 atom stereocenters. The zero-order valence-corrected chi connectivity index (χ0v) is 11.9. The molecule has 0 fully saturated rings. The van der Waals surface area contributed by atoms with Gasteiger partial charge < -0.3 is 14.7 Å². The van der Waals surface area contributed by atoms with Crippen LogP contribution in [0.2, 0.25) is 0 Å². The van der Waals surface area contributed by atoms with Gasteiger partial charge in [0.05, 0.1) is 18.9 Å². The number of ether oxygens (including phenoxy) is 1. The predicted molar refractivity (Wildman–Crippen MR) is 75.4 cm³/mol. The maximum absolute atomic E-state index is 12.3. The average molecular weight is 279 g/mol. The number of hydrogen-bond donors (Lipinski definition) is 1. The normalized spacial score (nSPS) is 11.9. The Hall–Kier alpha value is -1.88. The Morgan fingerprint density at radius 1 is 1.30 bits per heavy atom. The van der Waals surface area contributed by atoms with E-state index in [0.29, 0.717) is 13.2 Å². The van der Waals surface area contributed by atoms with Gasteiger partial charge in [0.25, 0.3) is 0 Å². The second-order valence-corrected chi connectivity index (χ2v) is 4.73. The van der Waals surface area contributed by atoms with Crippen LogP contribution >= 0.6 is 0 Å². The molecule has 20 heavy (non-hydrogen) atoms. The molecule has 0 bridgehead atoms. The number of carboxylic acids is 1. The molecule has 0 heterocycles. The second-order valence-electron chi connectivity index (χ2n) is 4.73. The molecule has 0 saturated carbocycles. The molecule has 1 rings (SSSR count). The van der Waals surface area contributed by atoms with Crippen molar-refractivity contribution in [2.45, 2.75) is 13.3 Å². The smallest absolute Gasteiger partial charge is 0.308 e. The first kappa shape index (κ1) is 16.2. The Labute approximate surface area is 119 Å². The monoisotopic (exact) mass is 279 g/mol. The molecule has 1 aromatic rings. The standard InChI is InChI=1S/C15H21NO4/c1-12(15(18)19)11-16(8-9-20-2)14(17)10-13-6-4-3-5-7-13/h3-7,12H,8-11H2,1-2H3,(H,18,19). The van der Waals surface area contributed by atoms with Crippen molar-refractivity contribution >= 4 is 11.9 Å². The molecular formula is C15H21NO4. The average Bonchev–Trinajstić information content (AvgIpc) is 2.43. The number of hydrogen-bond acceptors (Lipinski definition) is 3. The van der Waals surface area contributed by atoms with Gasteiger partial charge in [0.2, 0.25) is 5.91 Å². The number of benzene rings is 1. The summed E-state index contributed by atoms with van der Waals surface area (Å²) in [6.45, 7) is 2.59. The number of nitrogens with zero attached hydrogens (tertiary/aromatic N) is 1. The molecule has 1 aromatic carbocycles. The molecule has 0 aromatic heterocycles. The van der Waals surface area contributed by atoms with Gasteiger partial charge in [-0.15, -0.1) is 0 Å². The van der Waals surface area contributed by atoms with Crippen LogP contribution in [0.25, 0.3) is 0 Å². The van der Waals surface area contributed by atoms with Gasteiger partial charge in [-0.1, -0.05) is 37.3 Å². The number of carbonyl (C=O) groups excluding carboxylic acids is 1. The van der Waals surface area contributed by atoms with Crippen LogP contribution in [0.3, 0.4) is 0 Å². The van der Waals surface area contributed by atoms with Crippen LogP contribution < -0.4 is 0 Å². The van der Waals surface area contributed by atoms with Crippen molar-refractivity contribution in [1.29, 1.82) is 0 Å². The lowest BCUT2D eigenvalue weighted by Gasteiger charge is -2.24. The minimum Gasteiger partial charge on any atom is -0.481 e. The summed E-state index contributed by atoms with van der Waals surface area (Å²) in [5.74, 6) is -1.58. The quantitative estimate of drug-likeness (QED) is 0.781. The van der Waals surface area contributed by atoms with Gasteiger partial charge in [0.1, 0.15) is 0 Å². The van der Waals surface area contributed by atoms with E-state index in [1.807, 2.05) is 30.3 Å². The number of amides is 1. The molecule has 1 unspecified atom stereocenters. The van der Waals surface area contributed by atoms with Crippen molar-refractivity contribution in [1.82, 2.24) is 4.90 Å². The van der Waals surface area contributed by atoms with Crippen molar-refractivity contribution in [2.24, 2.45) is 5.92 Å². The Morgan fingerprint density at radius 3 is 2.50 bits per heavy atom. The Kier molecular flexibility index (Phi) is 6.73. The summed E-state index contributed by atoms with van der Waals surface area (Å²) in [6.07, 6.45) is 0.275. The van der Waals surface area contributed by atoms with Crippen molar-refractivity contribution in [3.8, 4) is 0 Å². The Morgan fingerprint density at radius 2 is 1.95 bits per heavy atom. The molecule has 5 heteroatoms. The first-order valence-electron chi connectivity index (χ1n) is 6.58. The predicted octanol–water partition coefficient (Wildman–Crippen LogP) is 1.42. The van der Waals surface area contributed by atoms with E-state index in [0.717, 1.165) is 5.56 Å². The summed E-state index contributed by atoms with van der Waals surface area (Å²) in [7, 11) is 1.56. The Balaban J connectivity index is 2.66. The molecule has 0 aliphatic carbocycles. The van der Waals surface area contributed by atoms with E-state index in [9.17, 15) is 9.59 Å². The van der Waals surface area contributed by atoms with Crippen LogP contribution in [-0.2, 0) is 20.7 Å². The minimum atomic E-state index is -0.903. The second kappa shape index (κ2) is 8.32. The summed E-state index contributed by atoms with van der Waals surface area (Å²) >= 11 is 0. The lowest BCUT2D eigenvalue weighted by atomic mass is 10.1. The first-order valence-corrected chi connectivity index (χ1v) is 6.58. The first-order chi connectivity index (χ1) is 9.54. The van der Waals surface area contributed by atoms with Gasteiger partial charge in [0.15, 0.2) is 0 Å². The largest absolute Gasteiger partial charge is 0.481 e. The van der Waals surface area contributed by atoms with Crippen molar-refractivity contribution in [3.05, 3.63) is 35.9 Å². The van der Waals surface area contributed by atoms with Crippen molar-refractivity contribution in [2.75, 3.05) is 26.8 Å². The highest BCUT2D eigenvalue weighted by atomic mass is 16.5. The van der Waals surface area contributed by atoms with Crippen LogP contribution in [0.15, 0.2) is 30.3 Å². The molecule has 5 nitrogen and oxygen atoms in total. The van der Waals surface area contributed by atoms with E-state index < -0.39 is 11.9 Å². The summed E-state index contributed by atoms with van der Waals surface area (Å²) in [5.41, 5.74) is 0.919. The topological polar surface area (TPSA) is 66.8 Å². The molecule has 0 saturated heterocycles. The van der Waals surface area contributed by atoms with Gasteiger partial charge in [-0.2, -0.15) is 0 Å². The van der Waals surface area contributed by atoms with E-state index in [-0.39, 0.29) is 18.9 Å². The maximum atomic E-state index is 12.3. The highest BCUT2D eigenvalue weighted by Crippen LogP contribution is 2.06. The zero-order chi connectivity index (χ0) is 15.0. The summed E-state index contributed by atoms with van der Waals surface area (Å²) in [6, 6.07) is 9.41. The maximum Gasteiger partial charge on any atom is 0.308 e. The summed E-state index contributed by atoms with van der Waals surface area (Å²) in [5, 5.41) is 8.96. The lowest BCUT2D eigenvalue weighted by Crippen LogP contribution is -2.39. The number of aliphatic carboxylic acids is 1. The van der Waals surface area contributed by atoms with Gasteiger partial charge >= 0.3 is 5.97 Å². The molecule has 0 aliphatic rings. The molecule has 110 valence electrons. The molecule has 0 spiro atoms. The van der Waals surface area contributed by atoms with Crippen LogP contribution in [-0.4, -0.2) is 48.7 Å². The SMILES string of the molecule is COCCN(CC(C)C(=O)O)C(=O)Cc1ccccc1. The van der Waals surface area contributed by atoms with E-state index in [1.165, 1.54) is 0 Å². The zero-order valence-electron chi connectivity index (χ0n) is 11.9. The highest BCUT2D eigenvalue weighted by molar-refractivity contribution is 5.79. The highest BCUT2D eigenvalue weighted by Gasteiger charge is 2.20. The van der Waals surface area contributed by atoms with E-state index in [2.05, 4.69) is 0 Å². The summed E-state index contributed by atoms with van der Waals surface area (Å²) < 4.78 is 4.97. The number of carboxylic acid groups (broad SMARTS) is 1. The number of rotatable bonds is 8. The fourth-order valence-corrected chi connectivity index (χ4v) is 1.81. The van der Waals surface area contributed by atoms with E-state index in [4.69, 9.17) is 9.84 Å². The van der Waals surface area contributed by atoms with Crippen LogP contribution in [0.5, 0.6) is 0 Å². The van der Waals surface area contributed by atoms with Crippen LogP contribution in [0, 0.1) is 5.92 Å². The summed E-state index contributed by atoms with van der Waals surface area (Å²) in [4.78, 5) is 24.7. The third kappa shape index (κ3) is 5.40. The molecule has 0 radical (unpaired) electrons. The molecular weight excluding hydrogens is 258 g/mol. The Bertz CT molecular complexity index is 433. The van der Waals surface area contributed by atoms with Gasteiger partial charge in [0, 0.05) is 20.2 Å². The van der Waals surface area contributed by atoms with Crippen molar-refractivity contribution < 1.29 is 19.4 Å². The lowest BCUT2D eigenvalue weighted by molar-refractivity contribution is -0.143. The van der Waals surface area contributed by atoms with Gasteiger partial charge in [-0.05, 0) is 5.56 Å². The van der Waals surface area contributed by atoms with Crippen LogP contribution in [0.4, 0.5) is 0 Å². The third-order valence-electron chi connectivity index (χ3n) is 3.03. The fraction of sp³-hybridized carbons (Fsp3) is 0.467. The number of methoxy groups -OCH3 is 1. The van der Waals surface area contributed by atoms with E-state index >= 15 is 0 Å². The third-order valence-corrected chi connectivity index (χ3v) is 3.03. The fourth-order valence-electron chi connectivity index (χ4n) is 1.81. The van der Waals surface area contributed by atoms with Crippen LogP contribution in [0.1, 0.15) is 12.5 Å². The van der Waals surface area contributed by atoms with Gasteiger partial charge in [-0.25, -0.2) is 0 Å². The van der Waals surface area contributed by atoms with Gasteiger partial charge in [-0.3, -0.25) is 9.59 Å². The van der Waals surface area contributed by atoms with E-state index in [1.54, 1.807) is 18.9 Å². The molecule has 0 aliphatic heterocycles. The minimum absolute atomic E-state index is 0.0821. The molecule has 1 amide bonds. The van der Waals surface area contributed by atoms with Crippen molar-refractivity contribution in [3.63, 3.8) is 0 Å². The molecule has 1 N–H and O–H groups in total. The number of carbonyl (C=O) groups is 2.